The van der Waals surface area contributed by atoms with E-state index in [0.29, 0.717) is 18.7 Å². The minimum absolute atomic E-state index is 0.0857. The van der Waals surface area contributed by atoms with E-state index in [9.17, 15) is 13.2 Å². The van der Waals surface area contributed by atoms with Crippen molar-refractivity contribution in [2.45, 2.75) is 46.3 Å². The van der Waals surface area contributed by atoms with Crippen LogP contribution in [0.3, 0.4) is 0 Å². The minimum atomic E-state index is -3.36. The Morgan fingerprint density at radius 2 is 1.90 bits per heavy atom. The van der Waals surface area contributed by atoms with Crippen LogP contribution in [0, 0.1) is 0 Å². The number of carbonyl (C=O) groups is 1. The molecule has 6 nitrogen and oxygen atoms in total. The van der Waals surface area contributed by atoms with E-state index in [2.05, 4.69) is 5.32 Å². The largest absolute Gasteiger partial charge is 0.373 e. The third-order valence-corrected chi connectivity index (χ3v) is 5.10. The lowest BCUT2D eigenvalue weighted by Gasteiger charge is -2.34. The summed E-state index contributed by atoms with van der Waals surface area (Å²) in [6.45, 7) is 8.25. The number of allylic oxidation sites excluding steroid dienone is 1. The molecule has 1 fully saturated rings. The van der Waals surface area contributed by atoms with Crippen LogP contribution in [-0.4, -0.2) is 56.2 Å². The van der Waals surface area contributed by atoms with E-state index in [1.807, 2.05) is 26.8 Å². The Morgan fingerprint density at radius 1 is 1.33 bits per heavy atom. The third-order valence-electron chi connectivity index (χ3n) is 3.29. The van der Waals surface area contributed by atoms with Crippen LogP contribution in [0.15, 0.2) is 11.6 Å². The van der Waals surface area contributed by atoms with Crippen molar-refractivity contribution >= 4 is 15.9 Å². The average molecular weight is 318 g/mol. The molecule has 0 aliphatic carbocycles. The molecule has 2 atom stereocenters. The predicted octanol–water partition coefficient (Wildman–Crippen LogP) is 0.898. The first kappa shape index (κ1) is 18.1. The minimum Gasteiger partial charge on any atom is -0.373 e. The zero-order valence-corrected chi connectivity index (χ0v) is 14.1. The number of amides is 1. The van der Waals surface area contributed by atoms with Crippen molar-refractivity contribution in [1.82, 2.24) is 9.62 Å². The molecule has 21 heavy (non-hydrogen) atoms. The Labute approximate surface area is 127 Å². The fourth-order valence-corrected chi connectivity index (χ4v) is 3.81. The van der Waals surface area contributed by atoms with Crippen LogP contribution in [0.1, 0.15) is 34.1 Å². The van der Waals surface area contributed by atoms with Gasteiger partial charge in [-0.3, -0.25) is 4.79 Å². The summed E-state index contributed by atoms with van der Waals surface area (Å²) in [4.78, 5) is 11.7. The molecule has 1 rings (SSSR count). The number of carbonyl (C=O) groups excluding carboxylic acids is 1. The molecular weight excluding hydrogens is 292 g/mol. The molecule has 0 aromatic carbocycles. The Morgan fingerprint density at radius 3 is 2.43 bits per heavy atom. The SMILES string of the molecule is CC/C=C(\C)C(=O)NCCS(=O)(=O)N1C[C@@H](C)O[C@@H](C)C1. The highest BCUT2D eigenvalue weighted by atomic mass is 32.2. The quantitative estimate of drug-likeness (QED) is 0.738. The molecule has 0 bridgehead atoms. The lowest BCUT2D eigenvalue weighted by Crippen LogP contribution is -2.49. The number of nitrogens with one attached hydrogen (secondary N) is 1. The fraction of sp³-hybridized carbons (Fsp3) is 0.786. The molecule has 0 spiro atoms. The van der Waals surface area contributed by atoms with Gasteiger partial charge < -0.3 is 10.1 Å². The van der Waals surface area contributed by atoms with E-state index in [1.54, 1.807) is 6.92 Å². The van der Waals surface area contributed by atoms with Crippen molar-refractivity contribution < 1.29 is 17.9 Å². The van der Waals surface area contributed by atoms with Crippen LogP contribution in [0.4, 0.5) is 0 Å². The predicted molar refractivity (Wildman–Crippen MR) is 82.4 cm³/mol. The smallest absolute Gasteiger partial charge is 0.246 e. The second-order valence-electron chi connectivity index (χ2n) is 5.44. The van der Waals surface area contributed by atoms with Gasteiger partial charge in [0.25, 0.3) is 0 Å². The maximum atomic E-state index is 12.3. The highest BCUT2D eigenvalue weighted by Gasteiger charge is 2.30. The number of hydrogen-bond acceptors (Lipinski definition) is 4. The van der Waals surface area contributed by atoms with Crippen LogP contribution in [0.2, 0.25) is 0 Å². The summed E-state index contributed by atoms with van der Waals surface area (Å²) in [5.41, 5.74) is 0.614. The van der Waals surface area contributed by atoms with Crippen LogP contribution in [-0.2, 0) is 19.6 Å². The van der Waals surface area contributed by atoms with Crippen LogP contribution in [0.5, 0.6) is 0 Å². The van der Waals surface area contributed by atoms with Crippen LogP contribution >= 0.6 is 0 Å². The zero-order chi connectivity index (χ0) is 16.0. The molecule has 1 heterocycles. The maximum Gasteiger partial charge on any atom is 0.246 e. The summed E-state index contributed by atoms with van der Waals surface area (Å²) in [7, 11) is -3.36. The van der Waals surface area contributed by atoms with Gasteiger partial charge in [-0.05, 0) is 27.2 Å². The van der Waals surface area contributed by atoms with Crippen LogP contribution < -0.4 is 5.32 Å². The van der Waals surface area contributed by atoms with E-state index >= 15 is 0 Å². The summed E-state index contributed by atoms with van der Waals surface area (Å²) >= 11 is 0. The maximum absolute atomic E-state index is 12.3. The zero-order valence-electron chi connectivity index (χ0n) is 13.3. The van der Waals surface area contributed by atoms with Gasteiger partial charge in [0.1, 0.15) is 0 Å². The van der Waals surface area contributed by atoms with Crippen molar-refractivity contribution in [3.8, 4) is 0 Å². The molecular formula is C14H26N2O4S. The van der Waals surface area contributed by atoms with E-state index in [1.165, 1.54) is 4.31 Å². The Hall–Kier alpha value is -0.920. The molecule has 1 aliphatic heterocycles. The number of ether oxygens (including phenoxy) is 1. The third kappa shape index (κ3) is 5.76. The second kappa shape index (κ2) is 7.91. The standard InChI is InChI=1S/C14H26N2O4S/c1-5-6-11(2)14(17)15-7-8-21(18,19)16-9-12(3)20-13(4)10-16/h6,12-13H,5,7-10H2,1-4H3,(H,15,17)/b11-6+/t12-,13+. The van der Waals surface area contributed by atoms with Crippen molar-refractivity contribution in [3.63, 3.8) is 0 Å². The molecule has 122 valence electrons. The highest BCUT2D eigenvalue weighted by Crippen LogP contribution is 2.14. The van der Waals surface area contributed by atoms with Gasteiger partial charge in [-0.1, -0.05) is 13.0 Å². The van der Waals surface area contributed by atoms with Crippen molar-refractivity contribution in [2.75, 3.05) is 25.4 Å². The lowest BCUT2D eigenvalue weighted by atomic mass is 10.2. The average Bonchev–Trinajstić information content (AvgIpc) is 2.37. The molecule has 0 radical (unpaired) electrons. The van der Waals surface area contributed by atoms with Crippen molar-refractivity contribution in [2.24, 2.45) is 0 Å². The molecule has 0 aromatic heterocycles. The second-order valence-corrected chi connectivity index (χ2v) is 7.53. The molecule has 1 amide bonds. The van der Waals surface area contributed by atoms with Gasteiger partial charge in [0.15, 0.2) is 0 Å². The Balaban J connectivity index is 2.50. The van der Waals surface area contributed by atoms with Gasteiger partial charge in [-0.15, -0.1) is 0 Å². The first-order valence-corrected chi connectivity index (χ1v) is 8.95. The number of sulfonamides is 1. The Kier molecular flexibility index (Phi) is 6.83. The normalized spacial score (nSPS) is 24.9. The topological polar surface area (TPSA) is 75.7 Å². The number of hydrogen-bond donors (Lipinski definition) is 1. The lowest BCUT2D eigenvalue weighted by molar-refractivity contribution is -0.117. The first-order valence-electron chi connectivity index (χ1n) is 7.34. The summed E-state index contributed by atoms with van der Waals surface area (Å²) in [5.74, 6) is -0.298. The number of nitrogens with zero attached hydrogens (tertiary/aromatic N) is 1. The van der Waals surface area contributed by atoms with E-state index in [0.717, 1.165) is 6.42 Å². The van der Waals surface area contributed by atoms with Crippen molar-refractivity contribution in [3.05, 3.63) is 11.6 Å². The van der Waals surface area contributed by atoms with Gasteiger partial charge in [0, 0.05) is 25.2 Å². The van der Waals surface area contributed by atoms with Crippen LogP contribution in [0.25, 0.3) is 0 Å². The van der Waals surface area contributed by atoms with E-state index in [4.69, 9.17) is 4.74 Å². The first-order chi connectivity index (χ1) is 9.76. The molecule has 1 aliphatic rings. The molecule has 7 heteroatoms. The Bertz CT molecular complexity index is 477. The van der Waals surface area contributed by atoms with Crippen molar-refractivity contribution in [1.29, 1.82) is 0 Å². The number of rotatable bonds is 6. The summed E-state index contributed by atoms with van der Waals surface area (Å²) in [6, 6.07) is 0. The van der Waals surface area contributed by atoms with Gasteiger partial charge in [0.2, 0.25) is 15.9 Å². The number of morpholine rings is 1. The monoisotopic (exact) mass is 318 g/mol. The summed E-state index contributed by atoms with van der Waals surface area (Å²) in [6.07, 6.45) is 2.39. The van der Waals surface area contributed by atoms with Gasteiger partial charge >= 0.3 is 0 Å². The fourth-order valence-electron chi connectivity index (χ4n) is 2.32. The van der Waals surface area contributed by atoms with E-state index in [-0.39, 0.29) is 30.4 Å². The van der Waals surface area contributed by atoms with E-state index < -0.39 is 10.0 Å². The molecule has 0 saturated carbocycles. The van der Waals surface area contributed by atoms with Gasteiger partial charge in [-0.2, -0.15) is 4.31 Å². The molecule has 1 N–H and O–H groups in total. The van der Waals surface area contributed by atoms with Gasteiger partial charge in [-0.25, -0.2) is 8.42 Å². The molecule has 0 aromatic rings. The van der Waals surface area contributed by atoms with Gasteiger partial charge in [0.05, 0.1) is 18.0 Å². The summed E-state index contributed by atoms with van der Waals surface area (Å²) < 4.78 is 31.5. The molecule has 0 unspecified atom stereocenters. The molecule has 1 saturated heterocycles. The summed E-state index contributed by atoms with van der Waals surface area (Å²) in [5, 5.41) is 2.64. The highest BCUT2D eigenvalue weighted by molar-refractivity contribution is 7.89.